The number of aliphatic hydroxyl groups is 1. The molecule has 0 atom stereocenters. The number of amides is 1. The molecule has 33 heavy (non-hydrogen) atoms. The van der Waals surface area contributed by atoms with Crippen molar-refractivity contribution >= 4 is 22.6 Å². The lowest BCUT2D eigenvalue weighted by molar-refractivity contribution is 0.0651. The van der Waals surface area contributed by atoms with Crippen molar-refractivity contribution in [3.05, 3.63) is 75.1 Å². The van der Waals surface area contributed by atoms with Gasteiger partial charge in [0.25, 0.3) is 5.91 Å². The molecule has 1 saturated heterocycles. The number of nitrogens with zero attached hydrogens (tertiary/aromatic N) is 1. The summed E-state index contributed by atoms with van der Waals surface area (Å²) in [5.41, 5.74) is 4.89. The summed E-state index contributed by atoms with van der Waals surface area (Å²) >= 11 is 0. The maximum absolute atomic E-state index is 13.0. The molecule has 0 unspecified atom stereocenters. The van der Waals surface area contributed by atoms with Crippen molar-refractivity contribution in [1.29, 1.82) is 0 Å². The van der Waals surface area contributed by atoms with E-state index in [2.05, 4.69) is 25.2 Å². The van der Waals surface area contributed by atoms with Crippen LogP contribution >= 0.6 is 0 Å². The maximum Gasteiger partial charge on any atom is 0.336 e. The van der Waals surface area contributed by atoms with Crippen molar-refractivity contribution in [3.63, 3.8) is 0 Å². The summed E-state index contributed by atoms with van der Waals surface area (Å²) < 4.78 is 5.45. The normalized spacial score (nSPS) is 14.8. The van der Waals surface area contributed by atoms with Gasteiger partial charge >= 0.3 is 5.63 Å². The van der Waals surface area contributed by atoms with E-state index in [1.54, 1.807) is 0 Å². The predicted molar refractivity (Wildman–Crippen MR) is 131 cm³/mol. The SMILES string of the molecule is Cc1cc2oc(=O)cc(CNc3cccc(C(=O)N4CCC(CO)CC4)c3)c2cc1C(C)C. The number of anilines is 1. The van der Waals surface area contributed by atoms with Gasteiger partial charge in [0.2, 0.25) is 0 Å². The first kappa shape index (κ1) is 23.1. The van der Waals surface area contributed by atoms with E-state index in [4.69, 9.17) is 4.42 Å². The van der Waals surface area contributed by atoms with Gasteiger partial charge in [-0.1, -0.05) is 19.9 Å². The first-order valence-corrected chi connectivity index (χ1v) is 11.7. The minimum absolute atomic E-state index is 0.0119. The number of piperidine rings is 1. The lowest BCUT2D eigenvalue weighted by atomic mass is 9.95. The van der Waals surface area contributed by atoms with Gasteiger partial charge in [0.05, 0.1) is 0 Å². The third-order valence-electron chi connectivity index (χ3n) is 6.59. The molecule has 1 amide bonds. The molecule has 1 fully saturated rings. The average Bonchev–Trinajstić information content (AvgIpc) is 2.81. The smallest absolute Gasteiger partial charge is 0.336 e. The van der Waals surface area contributed by atoms with Crippen LogP contribution in [0.25, 0.3) is 11.0 Å². The molecule has 0 radical (unpaired) electrons. The fourth-order valence-electron chi connectivity index (χ4n) is 4.62. The number of likely N-dealkylation sites (tertiary alicyclic amines) is 1. The zero-order valence-corrected chi connectivity index (χ0v) is 19.6. The van der Waals surface area contributed by atoms with Gasteiger partial charge in [0.1, 0.15) is 5.58 Å². The Morgan fingerprint density at radius 2 is 1.94 bits per heavy atom. The van der Waals surface area contributed by atoms with Gasteiger partial charge in [-0.3, -0.25) is 4.79 Å². The highest BCUT2D eigenvalue weighted by Crippen LogP contribution is 2.27. The number of aryl methyl sites for hydroxylation is 1. The number of carbonyl (C=O) groups excluding carboxylic acids is 1. The van der Waals surface area contributed by atoms with E-state index in [9.17, 15) is 14.7 Å². The first-order chi connectivity index (χ1) is 15.9. The monoisotopic (exact) mass is 448 g/mol. The topological polar surface area (TPSA) is 82.8 Å². The Bertz CT molecular complexity index is 1210. The van der Waals surface area contributed by atoms with Gasteiger partial charge in [0.15, 0.2) is 0 Å². The van der Waals surface area contributed by atoms with Gasteiger partial charge < -0.3 is 19.7 Å². The molecule has 2 aromatic carbocycles. The maximum atomic E-state index is 13.0. The highest BCUT2D eigenvalue weighted by molar-refractivity contribution is 5.95. The van der Waals surface area contributed by atoms with Crippen molar-refractivity contribution in [2.75, 3.05) is 25.0 Å². The third-order valence-corrected chi connectivity index (χ3v) is 6.59. The van der Waals surface area contributed by atoms with Crippen LogP contribution in [0.4, 0.5) is 5.69 Å². The van der Waals surface area contributed by atoms with Gasteiger partial charge in [0, 0.05) is 48.9 Å². The predicted octanol–water partition coefficient (Wildman–Crippen LogP) is 4.68. The fraction of sp³-hybridized carbons (Fsp3) is 0.407. The third kappa shape index (κ3) is 5.11. The second-order valence-corrected chi connectivity index (χ2v) is 9.30. The quantitative estimate of drug-likeness (QED) is 0.535. The molecule has 1 aliphatic rings. The van der Waals surface area contributed by atoms with Crippen LogP contribution in [-0.4, -0.2) is 35.6 Å². The molecular weight excluding hydrogens is 416 g/mol. The molecule has 6 nitrogen and oxygen atoms in total. The van der Waals surface area contributed by atoms with E-state index in [1.165, 1.54) is 11.6 Å². The van der Waals surface area contributed by atoms with Crippen LogP contribution in [0.2, 0.25) is 0 Å². The number of benzene rings is 2. The fourth-order valence-corrected chi connectivity index (χ4v) is 4.62. The second-order valence-electron chi connectivity index (χ2n) is 9.30. The average molecular weight is 449 g/mol. The number of aliphatic hydroxyl groups excluding tert-OH is 1. The highest BCUT2D eigenvalue weighted by atomic mass is 16.4. The number of hydrogen-bond donors (Lipinski definition) is 2. The number of nitrogens with one attached hydrogen (secondary N) is 1. The zero-order valence-electron chi connectivity index (χ0n) is 19.6. The molecule has 2 N–H and O–H groups in total. The summed E-state index contributed by atoms with van der Waals surface area (Å²) in [5.74, 6) is 0.672. The van der Waals surface area contributed by atoms with Crippen LogP contribution in [0.5, 0.6) is 0 Å². The van der Waals surface area contributed by atoms with Crippen LogP contribution in [0.1, 0.15) is 59.7 Å². The molecule has 6 heteroatoms. The van der Waals surface area contributed by atoms with Crippen molar-refractivity contribution in [1.82, 2.24) is 4.90 Å². The van der Waals surface area contributed by atoms with Crippen LogP contribution in [0, 0.1) is 12.8 Å². The molecule has 0 spiro atoms. The summed E-state index contributed by atoms with van der Waals surface area (Å²) in [4.78, 5) is 27.0. The Hall–Kier alpha value is -3.12. The molecule has 2 heterocycles. The zero-order chi connectivity index (χ0) is 23.5. The standard InChI is InChI=1S/C27H32N2O4/c1-17(2)23-14-24-21(13-26(31)33-25(24)11-18(23)3)15-28-22-6-4-5-20(12-22)27(32)29-9-7-19(16-30)8-10-29/h4-6,11-14,17,19,28,30H,7-10,15-16H2,1-3H3. The Morgan fingerprint density at radius 3 is 2.64 bits per heavy atom. The van der Waals surface area contributed by atoms with Crippen molar-refractivity contribution in [2.24, 2.45) is 5.92 Å². The summed E-state index contributed by atoms with van der Waals surface area (Å²) in [6.07, 6.45) is 1.67. The van der Waals surface area contributed by atoms with E-state index >= 15 is 0 Å². The number of carbonyl (C=O) groups is 1. The lowest BCUT2D eigenvalue weighted by Crippen LogP contribution is -2.39. The van der Waals surface area contributed by atoms with Gasteiger partial charge in [-0.05, 0) is 78.6 Å². The summed E-state index contributed by atoms with van der Waals surface area (Å²) in [5, 5.41) is 13.6. The molecule has 1 aliphatic heterocycles. The largest absolute Gasteiger partial charge is 0.423 e. The minimum atomic E-state index is -0.369. The van der Waals surface area contributed by atoms with E-state index in [0.717, 1.165) is 35.0 Å². The molecular formula is C27H32N2O4. The van der Waals surface area contributed by atoms with E-state index < -0.39 is 0 Å². The van der Waals surface area contributed by atoms with E-state index in [1.807, 2.05) is 42.2 Å². The summed E-state index contributed by atoms with van der Waals surface area (Å²) in [6, 6.07) is 13.1. The summed E-state index contributed by atoms with van der Waals surface area (Å²) in [6.45, 7) is 8.32. The Labute approximate surface area is 194 Å². The summed E-state index contributed by atoms with van der Waals surface area (Å²) in [7, 11) is 0. The van der Waals surface area contributed by atoms with E-state index in [-0.39, 0.29) is 18.1 Å². The first-order valence-electron chi connectivity index (χ1n) is 11.7. The number of rotatable bonds is 6. The molecule has 0 bridgehead atoms. The Kier molecular flexibility index (Phi) is 6.84. The van der Waals surface area contributed by atoms with Gasteiger partial charge in [-0.15, -0.1) is 0 Å². The van der Waals surface area contributed by atoms with Crippen molar-refractivity contribution < 1.29 is 14.3 Å². The van der Waals surface area contributed by atoms with Crippen LogP contribution in [0.3, 0.4) is 0 Å². The lowest BCUT2D eigenvalue weighted by Gasteiger charge is -2.31. The molecule has 3 aromatic rings. The second kappa shape index (κ2) is 9.79. The highest BCUT2D eigenvalue weighted by Gasteiger charge is 2.23. The molecule has 0 aliphatic carbocycles. The molecule has 0 saturated carbocycles. The van der Waals surface area contributed by atoms with Gasteiger partial charge in [-0.2, -0.15) is 0 Å². The Balaban J connectivity index is 1.53. The molecule has 174 valence electrons. The molecule has 4 rings (SSSR count). The van der Waals surface area contributed by atoms with Crippen molar-refractivity contribution in [2.45, 2.75) is 46.1 Å². The number of hydrogen-bond acceptors (Lipinski definition) is 5. The van der Waals surface area contributed by atoms with Crippen LogP contribution in [0.15, 0.2) is 51.7 Å². The molecule has 1 aromatic heterocycles. The van der Waals surface area contributed by atoms with Crippen LogP contribution < -0.4 is 10.9 Å². The Morgan fingerprint density at radius 1 is 1.18 bits per heavy atom. The van der Waals surface area contributed by atoms with Crippen molar-refractivity contribution in [3.8, 4) is 0 Å². The van der Waals surface area contributed by atoms with E-state index in [0.29, 0.717) is 42.6 Å². The minimum Gasteiger partial charge on any atom is -0.423 e. The van der Waals surface area contributed by atoms with Crippen LogP contribution in [-0.2, 0) is 6.54 Å². The number of fused-ring (bicyclic) bond motifs is 1. The van der Waals surface area contributed by atoms with Gasteiger partial charge in [-0.25, -0.2) is 4.79 Å².